The first-order valence-corrected chi connectivity index (χ1v) is 8.85. The first-order chi connectivity index (χ1) is 11.8. The lowest BCUT2D eigenvalue weighted by Crippen LogP contribution is -2.22. The Morgan fingerprint density at radius 3 is 2.83 bits per heavy atom. The number of thiophene rings is 1. The number of carbonyl (C=O) groups is 1. The molecule has 1 N–H and O–H groups in total. The molecule has 5 nitrogen and oxygen atoms in total. The number of fused-ring (bicyclic) bond motifs is 1. The van der Waals surface area contributed by atoms with Crippen molar-refractivity contribution in [2.45, 2.75) is 12.3 Å². The van der Waals surface area contributed by atoms with Crippen molar-refractivity contribution in [3.8, 4) is 0 Å². The highest BCUT2D eigenvalue weighted by molar-refractivity contribution is 7.21. The largest absolute Gasteiger partial charge is 0.354 e. The van der Waals surface area contributed by atoms with Crippen LogP contribution in [-0.2, 0) is 0 Å². The smallest absolute Gasteiger partial charge is 0.261 e. The Morgan fingerprint density at radius 2 is 2.04 bits per heavy atom. The molecule has 1 aliphatic rings. The highest BCUT2D eigenvalue weighted by Crippen LogP contribution is 2.40. The zero-order valence-electron chi connectivity index (χ0n) is 13.4. The van der Waals surface area contributed by atoms with E-state index in [1.807, 2.05) is 18.2 Å². The van der Waals surface area contributed by atoms with Gasteiger partial charge in [0.05, 0.1) is 4.88 Å². The maximum Gasteiger partial charge on any atom is 0.261 e. The predicted molar refractivity (Wildman–Crippen MR) is 96.8 cm³/mol. The van der Waals surface area contributed by atoms with E-state index in [1.54, 1.807) is 30.8 Å². The molecule has 1 aromatic carbocycles. The van der Waals surface area contributed by atoms with Crippen molar-refractivity contribution >= 4 is 33.3 Å². The summed E-state index contributed by atoms with van der Waals surface area (Å²) in [5.74, 6) is 1.08. The lowest BCUT2D eigenvalue weighted by atomic mass is 9.95. The molecule has 1 saturated heterocycles. The molecule has 2 aromatic heterocycles. The van der Waals surface area contributed by atoms with E-state index in [0.717, 1.165) is 30.3 Å². The summed E-state index contributed by atoms with van der Waals surface area (Å²) < 4.78 is 1.17. The summed E-state index contributed by atoms with van der Waals surface area (Å²) in [6, 6.07) is 10.1. The lowest BCUT2D eigenvalue weighted by molar-refractivity contribution is 0.0966. The van der Waals surface area contributed by atoms with Gasteiger partial charge in [-0.3, -0.25) is 4.79 Å². The number of nitrogens with zero attached hydrogens (tertiary/aromatic N) is 3. The van der Waals surface area contributed by atoms with Gasteiger partial charge in [0.15, 0.2) is 0 Å². The maximum atomic E-state index is 12.4. The number of benzene rings is 1. The Morgan fingerprint density at radius 1 is 1.25 bits per heavy atom. The van der Waals surface area contributed by atoms with Crippen molar-refractivity contribution in [2.24, 2.45) is 0 Å². The van der Waals surface area contributed by atoms with Crippen LogP contribution in [0.25, 0.3) is 10.1 Å². The van der Waals surface area contributed by atoms with Gasteiger partial charge < -0.3 is 10.2 Å². The molecule has 1 amide bonds. The van der Waals surface area contributed by atoms with Gasteiger partial charge >= 0.3 is 0 Å². The van der Waals surface area contributed by atoms with Crippen molar-refractivity contribution in [3.05, 3.63) is 53.2 Å². The van der Waals surface area contributed by atoms with Crippen LogP contribution in [0.2, 0.25) is 0 Å². The summed E-state index contributed by atoms with van der Waals surface area (Å²) in [4.78, 5) is 24.1. The third-order valence-corrected chi connectivity index (χ3v) is 5.68. The van der Waals surface area contributed by atoms with Gasteiger partial charge in [-0.1, -0.05) is 18.2 Å². The second kappa shape index (κ2) is 6.20. The first kappa shape index (κ1) is 15.1. The Bertz CT molecular complexity index is 877. The molecule has 0 spiro atoms. The highest BCUT2D eigenvalue weighted by Gasteiger charge is 2.31. The van der Waals surface area contributed by atoms with Gasteiger partial charge in [-0.2, -0.15) is 0 Å². The average Bonchev–Trinajstić information content (AvgIpc) is 3.26. The number of nitrogens with one attached hydrogen (secondary N) is 1. The standard InChI is InChI=1S/C18H18N4OS/c1-19-17(23)16-15(13-5-2-3-6-14(13)24-16)12-7-10-22(11-12)18-20-8-4-9-21-18/h2-6,8-9,12H,7,10-11H2,1H3,(H,19,23)/t12-/m1/s1. The molecule has 3 heterocycles. The molecule has 3 aromatic rings. The quantitative estimate of drug-likeness (QED) is 0.797. The molecule has 122 valence electrons. The minimum atomic E-state index is 0.000566. The number of hydrogen-bond donors (Lipinski definition) is 1. The van der Waals surface area contributed by atoms with Crippen LogP contribution in [0.3, 0.4) is 0 Å². The van der Waals surface area contributed by atoms with E-state index in [1.165, 1.54) is 15.6 Å². The lowest BCUT2D eigenvalue weighted by Gasteiger charge is -2.16. The average molecular weight is 338 g/mol. The number of anilines is 1. The first-order valence-electron chi connectivity index (χ1n) is 8.03. The van der Waals surface area contributed by atoms with E-state index < -0.39 is 0 Å². The van der Waals surface area contributed by atoms with Gasteiger partial charge in [0, 0.05) is 43.1 Å². The molecule has 1 fully saturated rings. The van der Waals surface area contributed by atoms with Crippen LogP contribution in [0.15, 0.2) is 42.7 Å². The summed E-state index contributed by atoms with van der Waals surface area (Å²) in [6.07, 6.45) is 4.54. The second-order valence-corrected chi connectivity index (χ2v) is 6.95. The van der Waals surface area contributed by atoms with Crippen LogP contribution >= 0.6 is 11.3 Å². The minimum absolute atomic E-state index is 0.000566. The molecule has 0 aliphatic carbocycles. The van der Waals surface area contributed by atoms with Crippen LogP contribution in [0.1, 0.15) is 27.6 Å². The van der Waals surface area contributed by atoms with Crippen LogP contribution in [-0.4, -0.2) is 36.0 Å². The van der Waals surface area contributed by atoms with Gasteiger partial charge in [-0.25, -0.2) is 9.97 Å². The molecule has 0 unspecified atom stereocenters. The van der Waals surface area contributed by atoms with E-state index in [9.17, 15) is 4.79 Å². The van der Waals surface area contributed by atoms with E-state index in [0.29, 0.717) is 5.92 Å². The zero-order chi connectivity index (χ0) is 16.5. The summed E-state index contributed by atoms with van der Waals surface area (Å²) in [5, 5.41) is 3.98. The fraction of sp³-hybridized carbons (Fsp3) is 0.278. The van der Waals surface area contributed by atoms with Gasteiger partial charge in [-0.15, -0.1) is 11.3 Å². The predicted octanol–water partition coefficient (Wildman–Crippen LogP) is 3.04. The molecule has 1 aliphatic heterocycles. The number of aromatic nitrogens is 2. The summed E-state index contributed by atoms with van der Waals surface area (Å²) in [6.45, 7) is 1.75. The number of rotatable bonds is 3. The summed E-state index contributed by atoms with van der Waals surface area (Å²) >= 11 is 1.58. The van der Waals surface area contributed by atoms with Crippen molar-refractivity contribution in [1.82, 2.24) is 15.3 Å². The Hall–Kier alpha value is -2.47. The normalized spacial score (nSPS) is 17.4. The molecule has 0 radical (unpaired) electrons. The van der Waals surface area contributed by atoms with E-state index in [2.05, 4.69) is 32.3 Å². The molecule has 0 bridgehead atoms. The topological polar surface area (TPSA) is 58.1 Å². The fourth-order valence-electron chi connectivity index (χ4n) is 3.38. The van der Waals surface area contributed by atoms with Crippen LogP contribution in [0, 0.1) is 0 Å². The Labute approximate surface area is 144 Å². The van der Waals surface area contributed by atoms with Crippen LogP contribution < -0.4 is 10.2 Å². The zero-order valence-corrected chi connectivity index (χ0v) is 14.2. The van der Waals surface area contributed by atoms with Crippen LogP contribution in [0.4, 0.5) is 5.95 Å². The number of amides is 1. The monoisotopic (exact) mass is 338 g/mol. The second-order valence-electron chi connectivity index (χ2n) is 5.90. The molecule has 6 heteroatoms. The molecule has 24 heavy (non-hydrogen) atoms. The van der Waals surface area contributed by atoms with Crippen molar-refractivity contribution in [3.63, 3.8) is 0 Å². The van der Waals surface area contributed by atoms with Crippen molar-refractivity contribution < 1.29 is 4.79 Å². The summed E-state index contributed by atoms with van der Waals surface area (Å²) in [5.41, 5.74) is 1.17. The molecule has 0 saturated carbocycles. The Kier molecular flexibility index (Phi) is 3.90. The van der Waals surface area contributed by atoms with Gasteiger partial charge in [0.2, 0.25) is 5.95 Å². The molecule has 1 atom stereocenters. The van der Waals surface area contributed by atoms with E-state index >= 15 is 0 Å². The van der Waals surface area contributed by atoms with Gasteiger partial charge in [0.1, 0.15) is 0 Å². The number of hydrogen-bond acceptors (Lipinski definition) is 5. The van der Waals surface area contributed by atoms with Gasteiger partial charge in [-0.05, 0) is 29.5 Å². The van der Waals surface area contributed by atoms with Crippen molar-refractivity contribution in [1.29, 1.82) is 0 Å². The molecule has 4 rings (SSSR count). The van der Waals surface area contributed by atoms with E-state index in [4.69, 9.17) is 0 Å². The molecular weight excluding hydrogens is 320 g/mol. The maximum absolute atomic E-state index is 12.4. The third kappa shape index (κ3) is 2.53. The summed E-state index contributed by atoms with van der Waals surface area (Å²) in [7, 11) is 1.69. The van der Waals surface area contributed by atoms with Gasteiger partial charge in [0.25, 0.3) is 5.91 Å². The number of carbonyl (C=O) groups excluding carboxylic acids is 1. The third-order valence-electron chi connectivity index (χ3n) is 4.50. The van der Waals surface area contributed by atoms with Crippen molar-refractivity contribution in [2.75, 3.05) is 25.0 Å². The highest BCUT2D eigenvalue weighted by atomic mass is 32.1. The van der Waals surface area contributed by atoms with Crippen LogP contribution in [0.5, 0.6) is 0 Å². The Balaban J connectivity index is 1.73. The fourth-order valence-corrected chi connectivity index (χ4v) is 4.62. The minimum Gasteiger partial charge on any atom is -0.354 e. The molecular formula is C18H18N4OS. The van der Waals surface area contributed by atoms with E-state index in [-0.39, 0.29) is 5.91 Å². The SMILES string of the molecule is CNC(=O)c1sc2ccccc2c1[C@@H]1CCN(c2ncccn2)C1.